The minimum absolute atomic E-state index is 0.0519. The van der Waals surface area contributed by atoms with Crippen LogP contribution < -0.4 is 11.5 Å². The summed E-state index contributed by atoms with van der Waals surface area (Å²) in [5.74, 6) is -0.402. The summed E-state index contributed by atoms with van der Waals surface area (Å²) in [5, 5.41) is 11.3. The Labute approximate surface area is 239 Å². The van der Waals surface area contributed by atoms with Crippen LogP contribution in [0.5, 0.6) is 0 Å². The number of ether oxygens (including phenoxy) is 1. The summed E-state index contributed by atoms with van der Waals surface area (Å²) in [7, 11) is 0. The van der Waals surface area contributed by atoms with E-state index in [1.165, 1.54) is 11.8 Å². The van der Waals surface area contributed by atoms with Crippen molar-refractivity contribution in [3.05, 3.63) is 42.5 Å². The molecule has 0 aromatic heterocycles. The summed E-state index contributed by atoms with van der Waals surface area (Å²) in [6, 6.07) is 7.11. The van der Waals surface area contributed by atoms with Crippen LogP contribution in [0.1, 0.15) is 38.2 Å². The maximum Gasteiger partial charge on any atom is 0.316 e. The number of carbonyl (C=O) groups is 2. The third kappa shape index (κ3) is 3.84. The van der Waals surface area contributed by atoms with Gasteiger partial charge in [-0.1, -0.05) is 25.1 Å². The number of carbonyl (C=O) groups excluding carboxylic acids is 2. The fourth-order valence-electron chi connectivity index (χ4n) is 8.06. The van der Waals surface area contributed by atoms with Gasteiger partial charge in [-0.3, -0.25) is 9.59 Å². The van der Waals surface area contributed by atoms with E-state index in [0.717, 1.165) is 10.5 Å². The molecular weight excluding hydrogens is 545 g/mol. The van der Waals surface area contributed by atoms with E-state index >= 15 is 0 Å². The van der Waals surface area contributed by atoms with Crippen molar-refractivity contribution in [1.29, 1.82) is 0 Å². The van der Waals surface area contributed by atoms with Crippen LogP contribution in [0.4, 0.5) is 0 Å². The highest BCUT2D eigenvalue weighted by atomic mass is 32.2. The number of thioether (sulfide) groups is 1. The van der Waals surface area contributed by atoms with E-state index in [1.807, 2.05) is 31.2 Å². The number of aliphatic hydroxyl groups is 1. The van der Waals surface area contributed by atoms with Gasteiger partial charge in [0.2, 0.25) is 0 Å². The van der Waals surface area contributed by atoms with Crippen LogP contribution in [0.2, 0.25) is 0 Å². The SMILES string of the molecule is C=C[C@]1(S)C[C@@H](OC(=O)CSc2cccc(CN)c2)[C@]2(S)C(S)CC34CC(C(C)CC3=O)(C42)[C@@H](N)C1O. The highest BCUT2D eigenvalue weighted by Gasteiger charge is 2.84. The fraction of sp³-hybridized carbons (Fsp3) is 0.630. The lowest BCUT2D eigenvalue weighted by molar-refractivity contribution is -0.225. The van der Waals surface area contributed by atoms with E-state index in [9.17, 15) is 14.7 Å². The second-order valence-corrected chi connectivity index (χ2v) is 14.8. The number of ketones is 1. The molecule has 5 rings (SSSR count). The maximum atomic E-state index is 13.4. The summed E-state index contributed by atoms with van der Waals surface area (Å²) >= 11 is 16.5. The van der Waals surface area contributed by atoms with Gasteiger partial charge in [0, 0.05) is 41.0 Å². The second kappa shape index (κ2) is 9.49. The van der Waals surface area contributed by atoms with Gasteiger partial charge in [-0.25, -0.2) is 0 Å². The minimum atomic E-state index is -1.11. The molecule has 6 nitrogen and oxygen atoms in total. The molecule has 10 atom stereocenters. The van der Waals surface area contributed by atoms with Crippen LogP contribution in [-0.4, -0.2) is 55.6 Å². The molecule has 2 spiro atoms. The van der Waals surface area contributed by atoms with Gasteiger partial charge < -0.3 is 21.3 Å². The Kier molecular flexibility index (Phi) is 7.16. The van der Waals surface area contributed by atoms with E-state index in [1.54, 1.807) is 6.08 Å². The van der Waals surface area contributed by atoms with Gasteiger partial charge in [-0.05, 0) is 47.8 Å². The number of hydrogen-bond donors (Lipinski definition) is 6. The van der Waals surface area contributed by atoms with E-state index < -0.39 is 44.5 Å². The first-order chi connectivity index (χ1) is 17.4. The van der Waals surface area contributed by atoms with E-state index in [-0.39, 0.29) is 35.0 Å². The minimum Gasteiger partial charge on any atom is -0.460 e. The monoisotopic (exact) mass is 580 g/mol. The van der Waals surface area contributed by atoms with Crippen molar-refractivity contribution >= 4 is 61.4 Å². The maximum absolute atomic E-state index is 13.4. The van der Waals surface area contributed by atoms with Crippen LogP contribution in [0, 0.1) is 22.7 Å². The Hall–Kier alpha value is -0.620. The Morgan fingerprint density at radius 1 is 1.35 bits per heavy atom. The third-order valence-corrected chi connectivity index (χ3v) is 13.1. The molecule has 4 saturated carbocycles. The Bertz CT molecular complexity index is 1140. The lowest BCUT2D eigenvalue weighted by Gasteiger charge is -2.73. The smallest absolute Gasteiger partial charge is 0.316 e. The number of Topliss-reactive ketones (excluding diaryl/α,β-unsaturated/α-hetero) is 1. The van der Waals surface area contributed by atoms with Gasteiger partial charge in [0.15, 0.2) is 0 Å². The second-order valence-electron chi connectivity index (χ2n) is 11.5. The zero-order valence-electron chi connectivity index (χ0n) is 20.9. The lowest BCUT2D eigenvalue weighted by Crippen LogP contribution is -2.79. The van der Waals surface area contributed by atoms with Crippen molar-refractivity contribution in [2.24, 2.45) is 34.1 Å². The summed E-state index contributed by atoms with van der Waals surface area (Å²) in [6.07, 6.45) is 1.55. The van der Waals surface area contributed by atoms with Crippen molar-refractivity contribution in [2.75, 3.05) is 5.75 Å². The zero-order chi connectivity index (χ0) is 27.0. The molecule has 6 unspecified atom stereocenters. The summed E-state index contributed by atoms with van der Waals surface area (Å²) < 4.78 is 4.17. The summed E-state index contributed by atoms with van der Waals surface area (Å²) in [6.45, 7) is 6.41. The normalized spacial score (nSPS) is 46.3. The van der Waals surface area contributed by atoms with Crippen molar-refractivity contribution in [3.8, 4) is 0 Å². The molecule has 4 aliphatic rings. The number of aliphatic hydroxyl groups excluding tert-OH is 1. The summed E-state index contributed by atoms with van der Waals surface area (Å²) in [5.41, 5.74) is 12.5. The van der Waals surface area contributed by atoms with Crippen molar-refractivity contribution < 1.29 is 19.4 Å². The predicted octanol–water partition coefficient (Wildman–Crippen LogP) is 3.07. The first-order valence-electron chi connectivity index (χ1n) is 12.7. The topological polar surface area (TPSA) is 116 Å². The zero-order valence-corrected chi connectivity index (χ0v) is 24.4. The quantitative estimate of drug-likeness (QED) is 0.133. The van der Waals surface area contributed by atoms with Crippen LogP contribution >= 0.6 is 49.6 Å². The highest BCUT2D eigenvalue weighted by molar-refractivity contribution is 8.00. The number of benzene rings is 1. The van der Waals surface area contributed by atoms with Gasteiger partial charge in [-0.15, -0.1) is 18.3 Å². The molecule has 10 heteroatoms. The van der Waals surface area contributed by atoms with E-state index in [4.69, 9.17) is 54.1 Å². The Morgan fingerprint density at radius 2 is 2.08 bits per heavy atom. The fourth-order valence-corrected chi connectivity index (χ4v) is 10.5. The molecule has 0 radical (unpaired) electrons. The molecule has 2 bridgehead atoms. The third-order valence-electron chi connectivity index (χ3n) is 9.85. The molecule has 1 aromatic rings. The largest absolute Gasteiger partial charge is 0.460 e. The molecule has 0 aliphatic heterocycles. The lowest BCUT2D eigenvalue weighted by atomic mass is 9.33. The van der Waals surface area contributed by atoms with Crippen molar-refractivity contribution in [3.63, 3.8) is 0 Å². The first kappa shape index (κ1) is 27.9. The van der Waals surface area contributed by atoms with Gasteiger partial charge in [-0.2, -0.15) is 37.9 Å². The predicted molar refractivity (Wildman–Crippen MR) is 156 cm³/mol. The molecule has 37 heavy (non-hydrogen) atoms. The number of hydrogen-bond acceptors (Lipinski definition) is 10. The first-order valence-corrected chi connectivity index (χ1v) is 15.1. The number of nitrogens with two attached hydrogens (primary N) is 2. The standard InChI is InChI=1S/C27H36N2O4S4/c1-3-25(35)9-18(33-20(31)12-37-16-6-4-5-15(8-16)11-28)27(36)19(34)10-24-13-26(23(24)27,21(29)22(25)32)14(2)7-17(24)30/h3-6,8,14,18-19,21-23,32,34-36H,1,7,9-13,28-29H2,2H3/t14?,18-,19?,21+,22?,23?,24?,25+,26?,27+/m1/s1. The van der Waals surface area contributed by atoms with Crippen LogP contribution in [-0.2, 0) is 20.9 Å². The molecule has 4 aliphatic carbocycles. The van der Waals surface area contributed by atoms with Crippen LogP contribution in [0.25, 0.3) is 0 Å². The van der Waals surface area contributed by atoms with Crippen LogP contribution in [0.3, 0.4) is 0 Å². The number of rotatable bonds is 6. The number of esters is 1. The van der Waals surface area contributed by atoms with E-state index in [0.29, 0.717) is 25.8 Å². The average molecular weight is 581 g/mol. The van der Waals surface area contributed by atoms with E-state index in [2.05, 4.69) is 6.58 Å². The Balaban J connectivity index is 1.50. The molecule has 202 valence electrons. The highest BCUT2D eigenvalue weighted by Crippen LogP contribution is 2.80. The van der Waals surface area contributed by atoms with Gasteiger partial charge in [0.25, 0.3) is 0 Å². The molecule has 0 saturated heterocycles. The van der Waals surface area contributed by atoms with Crippen molar-refractivity contribution in [2.45, 2.75) is 77.0 Å². The molecular formula is C27H36N2O4S4. The van der Waals surface area contributed by atoms with Gasteiger partial charge >= 0.3 is 5.97 Å². The van der Waals surface area contributed by atoms with Crippen LogP contribution in [0.15, 0.2) is 41.8 Å². The average Bonchev–Trinajstić information content (AvgIpc) is 3.05. The summed E-state index contributed by atoms with van der Waals surface area (Å²) in [4.78, 5) is 27.6. The van der Waals surface area contributed by atoms with Gasteiger partial charge in [0.05, 0.1) is 21.4 Å². The molecule has 5 N–H and O–H groups in total. The number of thiol groups is 3. The molecule has 4 fully saturated rings. The molecule has 0 heterocycles. The molecule has 1 aromatic carbocycles. The van der Waals surface area contributed by atoms with Gasteiger partial charge in [0.1, 0.15) is 11.9 Å². The molecule has 0 amide bonds. The van der Waals surface area contributed by atoms with Crippen molar-refractivity contribution in [1.82, 2.24) is 0 Å². The Morgan fingerprint density at radius 3 is 2.76 bits per heavy atom.